The number of phosphoric acid groups is 1. The highest BCUT2D eigenvalue weighted by Crippen LogP contribution is 2.38. The van der Waals surface area contributed by atoms with Crippen LogP contribution in [0, 0.1) is 0 Å². The summed E-state index contributed by atoms with van der Waals surface area (Å²) in [6.45, 7) is 4.32. The summed E-state index contributed by atoms with van der Waals surface area (Å²) in [7, 11) is 1.19. The van der Waals surface area contributed by atoms with Gasteiger partial charge < -0.3 is 27.9 Å². The fourth-order valence-electron chi connectivity index (χ4n) is 10.5. The maximum absolute atomic E-state index is 12.8. The molecule has 0 N–H and O–H groups in total. The molecule has 0 heterocycles. The number of unbranched alkanes of at least 4 members (excludes halogenated alkanes) is 49. The van der Waals surface area contributed by atoms with Crippen molar-refractivity contribution >= 4 is 19.8 Å². The molecule has 0 aliphatic heterocycles. The maximum Gasteiger partial charge on any atom is 0.306 e. The number of quaternary nitrogens is 1. The zero-order valence-electron chi connectivity index (χ0n) is 52.9. The Hall–Kier alpha value is -1.25. The van der Waals surface area contributed by atoms with Gasteiger partial charge in [-0.25, -0.2) is 0 Å². The highest BCUT2D eigenvalue weighted by Gasteiger charge is 2.22. The third-order valence-corrected chi connectivity index (χ3v) is 16.7. The summed E-state index contributed by atoms with van der Waals surface area (Å²) >= 11 is 0. The largest absolute Gasteiger partial charge is 0.756 e. The van der Waals surface area contributed by atoms with Gasteiger partial charge in [-0.1, -0.05) is 321 Å². The molecule has 9 nitrogen and oxygen atoms in total. The van der Waals surface area contributed by atoms with Gasteiger partial charge in [-0.05, 0) is 38.5 Å². The Morgan fingerprint density at radius 3 is 0.949 bits per heavy atom. The molecule has 78 heavy (non-hydrogen) atoms. The number of phosphoric ester groups is 1. The molecule has 0 amide bonds. The van der Waals surface area contributed by atoms with Crippen LogP contribution in [0.1, 0.15) is 361 Å². The van der Waals surface area contributed by atoms with E-state index in [1.807, 2.05) is 21.1 Å². The number of hydrogen-bond acceptors (Lipinski definition) is 8. The zero-order valence-corrected chi connectivity index (χ0v) is 53.8. The number of nitrogens with zero attached hydrogens (tertiary/aromatic N) is 1. The van der Waals surface area contributed by atoms with E-state index < -0.39 is 26.5 Å². The minimum Gasteiger partial charge on any atom is -0.756 e. The third kappa shape index (κ3) is 63.9. The van der Waals surface area contributed by atoms with Crippen molar-refractivity contribution in [3.05, 3.63) is 12.2 Å². The lowest BCUT2D eigenvalue weighted by Gasteiger charge is -2.28. The van der Waals surface area contributed by atoms with Crippen LogP contribution in [0.15, 0.2) is 12.2 Å². The van der Waals surface area contributed by atoms with Gasteiger partial charge >= 0.3 is 11.9 Å². The summed E-state index contributed by atoms with van der Waals surface area (Å²) in [6.07, 6.45) is 72.9. The zero-order chi connectivity index (χ0) is 57.0. The van der Waals surface area contributed by atoms with Gasteiger partial charge in [-0.2, -0.15) is 0 Å². The first-order valence-corrected chi connectivity index (χ1v) is 35.9. The lowest BCUT2D eigenvalue weighted by atomic mass is 10.0. The molecule has 0 aliphatic rings. The van der Waals surface area contributed by atoms with E-state index in [1.165, 1.54) is 295 Å². The number of hydrogen-bond donors (Lipinski definition) is 0. The minimum atomic E-state index is -4.64. The first kappa shape index (κ1) is 76.8. The van der Waals surface area contributed by atoms with E-state index >= 15 is 0 Å². The SMILES string of the molecule is CCCCCCCCCC/C=C\CCCCCCCCCCCCCCCC(=O)OC(COC(=O)CCCCCCCCCCCCCCCCCCCCCCCCCCCCCCC)COP(=O)([O-])OCC[N+](C)(C)C. The number of carbonyl (C=O) groups is 2. The van der Waals surface area contributed by atoms with Crippen LogP contribution in [0.3, 0.4) is 0 Å². The van der Waals surface area contributed by atoms with E-state index in [-0.39, 0.29) is 32.0 Å². The number of esters is 2. The van der Waals surface area contributed by atoms with Crippen LogP contribution in [-0.2, 0) is 32.7 Å². The summed E-state index contributed by atoms with van der Waals surface area (Å²) in [4.78, 5) is 38.0. The van der Waals surface area contributed by atoms with Crippen molar-refractivity contribution in [2.75, 3.05) is 47.5 Å². The Morgan fingerprint density at radius 1 is 0.385 bits per heavy atom. The van der Waals surface area contributed by atoms with Gasteiger partial charge in [0, 0.05) is 12.8 Å². The Bertz CT molecular complexity index is 1320. The minimum absolute atomic E-state index is 0.0265. The molecule has 0 aromatic heterocycles. The normalized spacial score (nSPS) is 13.2. The van der Waals surface area contributed by atoms with Gasteiger partial charge in [0.2, 0.25) is 0 Å². The first-order chi connectivity index (χ1) is 38.0. The molecule has 0 aromatic rings. The summed E-state index contributed by atoms with van der Waals surface area (Å²) < 4.78 is 34.3. The van der Waals surface area contributed by atoms with Crippen molar-refractivity contribution in [2.45, 2.75) is 367 Å². The summed E-state index contributed by atoms with van der Waals surface area (Å²) in [6, 6.07) is 0. The Kier molecular flexibility index (Phi) is 59.4. The van der Waals surface area contributed by atoms with Crippen LogP contribution < -0.4 is 4.89 Å². The quantitative estimate of drug-likeness (QED) is 0.0195. The molecule has 0 radical (unpaired) electrons. The molecular weight excluding hydrogens is 990 g/mol. The monoisotopic (exact) mass is 1120 g/mol. The van der Waals surface area contributed by atoms with Crippen molar-refractivity contribution < 1.29 is 42.1 Å². The standard InChI is InChI=1S/C68H134NO8P/c1-6-8-10-12-14-16-18-20-22-24-26-28-30-32-33-34-35-37-38-40-42-44-46-48-50-52-54-56-58-60-67(70)74-64-66(65-76-78(72,73)75-63-62-69(3,4)5)77-68(71)61-59-57-55-53-51-49-47-45-43-41-39-36-31-29-27-25-23-21-19-17-15-13-11-9-7-2/h25,27,66H,6-24,26,28-65H2,1-5H3/b27-25-. The van der Waals surface area contributed by atoms with Gasteiger partial charge in [0.25, 0.3) is 7.82 Å². The van der Waals surface area contributed by atoms with E-state index in [2.05, 4.69) is 26.0 Å². The summed E-state index contributed by atoms with van der Waals surface area (Å²) in [5.74, 6) is -0.809. The predicted octanol–water partition coefficient (Wildman–Crippen LogP) is 21.3. The van der Waals surface area contributed by atoms with Gasteiger partial charge in [0.1, 0.15) is 19.8 Å². The van der Waals surface area contributed by atoms with E-state index in [4.69, 9.17) is 18.5 Å². The Morgan fingerprint density at radius 2 is 0.654 bits per heavy atom. The van der Waals surface area contributed by atoms with Crippen molar-refractivity contribution in [1.82, 2.24) is 0 Å². The van der Waals surface area contributed by atoms with Crippen LogP contribution in [0.2, 0.25) is 0 Å². The van der Waals surface area contributed by atoms with E-state index in [0.717, 1.165) is 32.1 Å². The van der Waals surface area contributed by atoms with Crippen molar-refractivity contribution in [3.8, 4) is 0 Å². The molecule has 0 saturated heterocycles. The molecule has 0 aromatic carbocycles. The number of ether oxygens (including phenoxy) is 2. The smallest absolute Gasteiger partial charge is 0.306 e. The lowest BCUT2D eigenvalue weighted by Crippen LogP contribution is -2.37. The Labute approximate surface area is 486 Å². The van der Waals surface area contributed by atoms with Crippen LogP contribution in [0.5, 0.6) is 0 Å². The average molecular weight is 1120 g/mol. The summed E-state index contributed by atoms with van der Waals surface area (Å²) in [5.41, 5.74) is 0. The van der Waals surface area contributed by atoms with Gasteiger partial charge in [0.05, 0.1) is 27.7 Å². The van der Waals surface area contributed by atoms with E-state index in [0.29, 0.717) is 17.4 Å². The van der Waals surface area contributed by atoms with Crippen molar-refractivity contribution in [2.24, 2.45) is 0 Å². The molecule has 0 spiro atoms. The molecular formula is C68H134NO8P. The molecule has 0 bridgehead atoms. The van der Waals surface area contributed by atoms with Crippen molar-refractivity contribution in [1.29, 1.82) is 0 Å². The van der Waals surface area contributed by atoms with Crippen LogP contribution in [-0.4, -0.2) is 70.0 Å². The molecule has 10 heteroatoms. The molecule has 2 unspecified atom stereocenters. The van der Waals surface area contributed by atoms with E-state index in [1.54, 1.807) is 0 Å². The van der Waals surface area contributed by atoms with Crippen molar-refractivity contribution in [3.63, 3.8) is 0 Å². The molecule has 2 atom stereocenters. The van der Waals surface area contributed by atoms with Crippen LogP contribution in [0.4, 0.5) is 0 Å². The lowest BCUT2D eigenvalue weighted by molar-refractivity contribution is -0.870. The number of likely N-dealkylation sites (N-methyl/N-ethyl adjacent to an activating group) is 1. The first-order valence-electron chi connectivity index (χ1n) is 34.4. The molecule has 0 aliphatic carbocycles. The Balaban J connectivity index is 4.00. The number of allylic oxidation sites excluding steroid dienone is 2. The second-order valence-corrected chi connectivity index (χ2v) is 26.3. The molecule has 0 saturated carbocycles. The fraction of sp³-hybridized carbons (Fsp3) is 0.941. The van der Waals surface area contributed by atoms with Gasteiger partial charge in [-0.3, -0.25) is 14.2 Å². The predicted molar refractivity (Wildman–Crippen MR) is 333 cm³/mol. The topological polar surface area (TPSA) is 111 Å². The third-order valence-electron chi connectivity index (χ3n) is 15.8. The highest BCUT2D eigenvalue weighted by molar-refractivity contribution is 7.45. The van der Waals surface area contributed by atoms with Gasteiger partial charge in [-0.15, -0.1) is 0 Å². The maximum atomic E-state index is 12.8. The van der Waals surface area contributed by atoms with Crippen LogP contribution >= 0.6 is 7.82 Å². The average Bonchev–Trinajstić information content (AvgIpc) is 3.40. The number of carbonyl (C=O) groups excluding carboxylic acids is 2. The molecule has 0 fully saturated rings. The molecule has 0 rings (SSSR count). The second kappa shape index (κ2) is 60.3. The fourth-order valence-corrected chi connectivity index (χ4v) is 11.2. The number of rotatable bonds is 65. The van der Waals surface area contributed by atoms with Crippen LogP contribution in [0.25, 0.3) is 0 Å². The van der Waals surface area contributed by atoms with Gasteiger partial charge in [0.15, 0.2) is 6.10 Å². The molecule has 464 valence electrons. The highest BCUT2D eigenvalue weighted by atomic mass is 31.2. The summed E-state index contributed by atoms with van der Waals surface area (Å²) in [5, 5.41) is 0. The van der Waals surface area contributed by atoms with E-state index in [9.17, 15) is 19.0 Å². The second-order valence-electron chi connectivity index (χ2n) is 24.9.